The van der Waals surface area contributed by atoms with Crippen molar-refractivity contribution >= 4 is 22.8 Å². The molecule has 3 unspecified atom stereocenters. The number of carbonyl (C=O) groups excluding carboxylic acids is 2. The number of hydrogen-bond acceptors (Lipinski definition) is 5. The summed E-state index contributed by atoms with van der Waals surface area (Å²) >= 11 is 0. The Morgan fingerprint density at radius 2 is 2.11 bits per heavy atom. The Morgan fingerprint density at radius 3 is 2.82 bits per heavy atom. The van der Waals surface area contributed by atoms with Crippen LogP contribution in [0.15, 0.2) is 30.3 Å². The number of amides is 1. The van der Waals surface area contributed by atoms with Gasteiger partial charge in [0.05, 0.1) is 23.9 Å². The number of hydrogen-bond donors (Lipinski definition) is 0. The fourth-order valence-corrected chi connectivity index (χ4v) is 4.82. The van der Waals surface area contributed by atoms with E-state index in [1.165, 1.54) is 7.11 Å². The normalized spacial score (nSPS) is 23.2. The first-order chi connectivity index (χ1) is 13.5. The van der Waals surface area contributed by atoms with Crippen LogP contribution in [0.3, 0.4) is 0 Å². The Balaban J connectivity index is 1.72. The van der Waals surface area contributed by atoms with Crippen LogP contribution in [0.5, 0.6) is 0 Å². The van der Waals surface area contributed by atoms with E-state index in [1.807, 2.05) is 36.1 Å². The first-order valence-corrected chi connectivity index (χ1v) is 9.94. The molecular weight excluding hydrogens is 356 g/mol. The van der Waals surface area contributed by atoms with Crippen molar-refractivity contribution in [2.75, 3.05) is 13.7 Å². The van der Waals surface area contributed by atoms with Crippen molar-refractivity contribution in [2.45, 2.75) is 51.3 Å². The molecule has 0 aliphatic carbocycles. The minimum Gasteiger partial charge on any atom is -0.464 e. The van der Waals surface area contributed by atoms with Gasteiger partial charge in [-0.15, -0.1) is 0 Å². The second-order valence-electron chi connectivity index (χ2n) is 7.57. The summed E-state index contributed by atoms with van der Waals surface area (Å²) in [5, 5.41) is 1.08. The SMILES string of the molecule is CCOC(=O)C(CC)(OC)C1CC(=O)N2Cc3cc4ccccc4nc3C2C1. The van der Waals surface area contributed by atoms with E-state index in [9.17, 15) is 9.59 Å². The lowest BCUT2D eigenvalue weighted by Gasteiger charge is -2.42. The summed E-state index contributed by atoms with van der Waals surface area (Å²) in [5.74, 6) is -0.576. The number of para-hydroxylation sites is 1. The van der Waals surface area contributed by atoms with Crippen LogP contribution in [0.25, 0.3) is 10.9 Å². The highest BCUT2D eigenvalue weighted by Gasteiger charge is 2.52. The lowest BCUT2D eigenvalue weighted by molar-refractivity contribution is -0.182. The molecule has 28 heavy (non-hydrogen) atoms. The van der Waals surface area contributed by atoms with Gasteiger partial charge in [0.1, 0.15) is 0 Å². The van der Waals surface area contributed by atoms with Crippen molar-refractivity contribution in [3.63, 3.8) is 0 Å². The van der Waals surface area contributed by atoms with Crippen molar-refractivity contribution < 1.29 is 19.1 Å². The van der Waals surface area contributed by atoms with Crippen molar-refractivity contribution in [3.05, 3.63) is 41.6 Å². The van der Waals surface area contributed by atoms with Crippen LogP contribution >= 0.6 is 0 Å². The van der Waals surface area contributed by atoms with Gasteiger partial charge in [0.15, 0.2) is 5.60 Å². The fraction of sp³-hybridized carbons (Fsp3) is 0.500. The van der Waals surface area contributed by atoms with E-state index < -0.39 is 5.60 Å². The van der Waals surface area contributed by atoms with Gasteiger partial charge in [0, 0.05) is 31.4 Å². The fourth-order valence-electron chi connectivity index (χ4n) is 4.82. The predicted octanol–water partition coefficient (Wildman–Crippen LogP) is 3.39. The monoisotopic (exact) mass is 382 g/mol. The molecule has 1 amide bonds. The highest BCUT2D eigenvalue weighted by atomic mass is 16.6. The number of methoxy groups -OCH3 is 1. The van der Waals surface area contributed by atoms with Gasteiger partial charge in [-0.25, -0.2) is 4.79 Å². The van der Waals surface area contributed by atoms with Crippen LogP contribution in [0, 0.1) is 5.92 Å². The molecule has 0 N–H and O–H groups in total. The van der Waals surface area contributed by atoms with Crippen molar-refractivity contribution in [1.82, 2.24) is 9.88 Å². The van der Waals surface area contributed by atoms with Gasteiger partial charge in [-0.3, -0.25) is 9.78 Å². The van der Waals surface area contributed by atoms with Crippen molar-refractivity contribution in [3.8, 4) is 0 Å². The highest BCUT2D eigenvalue weighted by Crippen LogP contribution is 2.47. The molecule has 2 aliphatic rings. The van der Waals surface area contributed by atoms with E-state index in [1.54, 1.807) is 6.92 Å². The maximum Gasteiger partial charge on any atom is 0.338 e. The quantitative estimate of drug-likeness (QED) is 0.742. The van der Waals surface area contributed by atoms with Crippen LogP contribution in [0.1, 0.15) is 50.4 Å². The average Bonchev–Trinajstić information content (AvgIpc) is 3.06. The number of nitrogens with zero attached hydrogens (tertiary/aromatic N) is 2. The number of benzene rings is 1. The molecule has 0 spiro atoms. The van der Waals surface area contributed by atoms with Crippen LogP contribution < -0.4 is 0 Å². The Hall–Kier alpha value is -2.47. The van der Waals surface area contributed by atoms with Crippen molar-refractivity contribution in [2.24, 2.45) is 5.92 Å². The standard InChI is InChI=1S/C22H26N2O4/c1-4-22(27-3,21(26)28-5-2)16-11-18-20-15(13-24(18)19(25)12-16)10-14-8-6-7-9-17(14)23-20/h6-10,16,18H,4-5,11-13H2,1-3H3. The maximum absolute atomic E-state index is 13.0. The summed E-state index contributed by atoms with van der Waals surface area (Å²) in [6.07, 6.45) is 1.39. The number of esters is 1. The molecule has 4 rings (SSSR count). The third kappa shape index (κ3) is 2.78. The highest BCUT2D eigenvalue weighted by molar-refractivity contribution is 5.85. The van der Waals surface area contributed by atoms with Gasteiger partial charge in [-0.05, 0) is 37.5 Å². The summed E-state index contributed by atoms with van der Waals surface area (Å²) in [7, 11) is 1.53. The second kappa shape index (κ2) is 7.17. The largest absolute Gasteiger partial charge is 0.464 e. The Bertz CT molecular complexity index is 922. The van der Waals surface area contributed by atoms with Gasteiger partial charge in [0.25, 0.3) is 0 Å². The number of fused-ring (bicyclic) bond motifs is 4. The summed E-state index contributed by atoms with van der Waals surface area (Å²) in [4.78, 5) is 32.5. The number of carbonyl (C=O) groups is 2. The summed E-state index contributed by atoms with van der Waals surface area (Å²) in [5.41, 5.74) is 1.86. The first kappa shape index (κ1) is 18.9. The molecule has 0 bridgehead atoms. The number of aromatic nitrogens is 1. The minimum absolute atomic E-state index is 0.0440. The molecule has 1 aromatic carbocycles. The molecule has 0 radical (unpaired) electrons. The molecule has 3 heterocycles. The molecule has 1 fully saturated rings. The Morgan fingerprint density at radius 1 is 1.32 bits per heavy atom. The second-order valence-corrected chi connectivity index (χ2v) is 7.57. The lowest BCUT2D eigenvalue weighted by atomic mass is 9.75. The van der Waals surface area contributed by atoms with Gasteiger partial charge in [-0.2, -0.15) is 0 Å². The van der Waals surface area contributed by atoms with E-state index in [4.69, 9.17) is 14.5 Å². The molecule has 3 atom stereocenters. The number of pyridine rings is 1. The smallest absolute Gasteiger partial charge is 0.338 e. The molecule has 0 saturated carbocycles. The number of ether oxygens (including phenoxy) is 2. The Labute approximate surface area is 164 Å². The van der Waals surface area contributed by atoms with Crippen LogP contribution in [0.4, 0.5) is 0 Å². The molecule has 2 aromatic rings. The summed E-state index contributed by atoms with van der Waals surface area (Å²) in [6.45, 7) is 4.56. The van der Waals surface area contributed by atoms with E-state index >= 15 is 0 Å². The lowest BCUT2D eigenvalue weighted by Crippen LogP contribution is -2.53. The molecule has 2 aliphatic heterocycles. The molecule has 6 nitrogen and oxygen atoms in total. The van der Waals surface area contributed by atoms with E-state index in [0.29, 0.717) is 19.4 Å². The van der Waals surface area contributed by atoms with E-state index in [0.717, 1.165) is 22.2 Å². The zero-order valence-corrected chi connectivity index (χ0v) is 16.6. The Kier molecular flexibility index (Phi) is 4.83. The van der Waals surface area contributed by atoms with Gasteiger partial charge in [0.2, 0.25) is 5.91 Å². The average molecular weight is 382 g/mol. The molecule has 1 saturated heterocycles. The van der Waals surface area contributed by atoms with Crippen LogP contribution in [0.2, 0.25) is 0 Å². The third-order valence-corrected chi connectivity index (χ3v) is 6.29. The topological polar surface area (TPSA) is 68.7 Å². The summed E-state index contributed by atoms with van der Waals surface area (Å²) in [6, 6.07) is 10.0. The van der Waals surface area contributed by atoms with Crippen LogP contribution in [-0.4, -0.2) is 41.1 Å². The van der Waals surface area contributed by atoms with Gasteiger partial charge >= 0.3 is 5.97 Å². The maximum atomic E-state index is 13.0. The molecule has 1 aromatic heterocycles. The number of piperidine rings is 1. The summed E-state index contributed by atoms with van der Waals surface area (Å²) < 4.78 is 11.0. The zero-order chi connectivity index (χ0) is 19.9. The first-order valence-electron chi connectivity index (χ1n) is 9.94. The van der Waals surface area contributed by atoms with Gasteiger partial charge < -0.3 is 14.4 Å². The van der Waals surface area contributed by atoms with E-state index in [2.05, 4.69) is 6.07 Å². The van der Waals surface area contributed by atoms with Gasteiger partial charge in [-0.1, -0.05) is 25.1 Å². The minimum atomic E-state index is -1.10. The molecule has 148 valence electrons. The third-order valence-electron chi connectivity index (χ3n) is 6.29. The molecular formula is C22H26N2O4. The van der Waals surface area contributed by atoms with Crippen molar-refractivity contribution in [1.29, 1.82) is 0 Å². The molecule has 6 heteroatoms. The number of rotatable bonds is 5. The zero-order valence-electron chi connectivity index (χ0n) is 16.6. The predicted molar refractivity (Wildman–Crippen MR) is 104 cm³/mol. The van der Waals surface area contributed by atoms with E-state index in [-0.39, 0.29) is 36.9 Å². The van der Waals surface area contributed by atoms with Crippen LogP contribution in [-0.2, 0) is 25.6 Å².